The Kier molecular flexibility index (Phi) is 14.0. The maximum absolute atomic E-state index is 12.2. The molecule has 4 nitrogen and oxygen atoms in total. The van der Waals surface area contributed by atoms with Crippen molar-refractivity contribution < 1.29 is 9.53 Å². The first-order chi connectivity index (χ1) is 16.5. The Morgan fingerprint density at radius 2 is 1.56 bits per heavy atom. The Balaban J connectivity index is 1.55. The first-order valence-electron chi connectivity index (χ1n) is 12.8. The van der Waals surface area contributed by atoms with Crippen LogP contribution in [0.5, 0.6) is 0 Å². The van der Waals surface area contributed by atoms with E-state index in [1.54, 1.807) is 6.07 Å². The van der Waals surface area contributed by atoms with Gasteiger partial charge < -0.3 is 10.1 Å². The van der Waals surface area contributed by atoms with Crippen LogP contribution in [-0.2, 0) is 4.74 Å². The van der Waals surface area contributed by atoms with Crippen molar-refractivity contribution in [1.82, 2.24) is 10.2 Å². The van der Waals surface area contributed by atoms with Gasteiger partial charge in [-0.05, 0) is 84.4 Å². The van der Waals surface area contributed by atoms with Gasteiger partial charge in [-0.2, -0.15) is 0 Å². The van der Waals surface area contributed by atoms with E-state index in [1.807, 2.05) is 18.2 Å². The van der Waals surface area contributed by atoms with Gasteiger partial charge >= 0.3 is 0 Å². The van der Waals surface area contributed by atoms with Crippen molar-refractivity contribution in [2.45, 2.75) is 70.6 Å². The molecule has 0 spiro atoms. The molecular weight excluding hydrogens is 440 g/mol. The van der Waals surface area contributed by atoms with Crippen LogP contribution in [-0.4, -0.2) is 50.2 Å². The molecule has 0 aliphatic carbocycles. The number of thiol groups is 1. The van der Waals surface area contributed by atoms with Gasteiger partial charge in [0.25, 0.3) is 5.91 Å². The minimum atomic E-state index is -0.0779. The third kappa shape index (κ3) is 12.0. The molecule has 188 valence electrons. The third-order valence-corrected chi connectivity index (χ3v) is 6.71. The summed E-state index contributed by atoms with van der Waals surface area (Å²) in [5.41, 5.74) is 4.91. The van der Waals surface area contributed by atoms with Gasteiger partial charge in [0.1, 0.15) is 0 Å². The summed E-state index contributed by atoms with van der Waals surface area (Å²) in [5.74, 6) is -0.0779. The summed E-state index contributed by atoms with van der Waals surface area (Å²) in [7, 11) is 0. The van der Waals surface area contributed by atoms with E-state index < -0.39 is 0 Å². The zero-order valence-electron chi connectivity index (χ0n) is 21.4. The molecule has 5 heteroatoms. The number of morpholine rings is 1. The molecule has 1 heterocycles. The molecule has 1 aliphatic heterocycles. The first kappa shape index (κ1) is 28.4. The third-order valence-electron chi connectivity index (χ3n) is 6.32. The molecule has 0 unspecified atom stereocenters. The lowest BCUT2D eigenvalue weighted by Gasteiger charge is -2.26. The maximum Gasteiger partial charge on any atom is 0.252 e. The Morgan fingerprint density at radius 3 is 2.24 bits per heavy atom. The van der Waals surface area contributed by atoms with Crippen LogP contribution >= 0.6 is 12.6 Å². The van der Waals surface area contributed by atoms with E-state index in [4.69, 9.17) is 4.74 Å². The van der Waals surface area contributed by atoms with E-state index in [9.17, 15) is 4.79 Å². The standard InChI is InChI=1S/C29H44N2O2S/c1-24(10-6-7-19-31-20-22-33-23-21-31)11-8-12-25(2)13-9-14-26(3)17-18-30-29(32)27-15-4-5-16-28(27)34/h4-5,11,13,15-17,34H,6-10,12,14,18-23H2,1-3H3,(H,30,32). The normalized spacial score (nSPS) is 16.1. The Hall–Kier alpha value is -1.82. The second-order valence-electron chi connectivity index (χ2n) is 9.37. The van der Waals surface area contributed by atoms with E-state index in [0.29, 0.717) is 17.0 Å². The number of benzene rings is 1. The molecule has 1 fully saturated rings. The van der Waals surface area contributed by atoms with Crippen molar-refractivity contribution in [3.63, 3.8) is 0 Å². The Bertz CT molecular complexity index is 838. The van der Waals surface area contributed by atoms with Crippen molar-refractivity contribution in [3.05, 3.63) is 64.8 Å². The zero-order valence-corrected chi connectivity index (χ0v) is 22.3. The molecule has 1 N–H and O–H groups in total. The topological polar surface area (TPSA) is 41.6 Å². The quantitative estimate of drug-likeness (QED) is 0.177. The van der Waals surface area contributed by atoms with E-state index in [0.717, 1.165) is 52.0 Å². The van der Waals surface area contributed by atoms with E-state index in [-0.39, 0.29) is 5.91 Å². The van der Waals surface area contributed by atoms with Gasteiger partial charge in [0.15, 0.2) is 0 Å². The maximum atomic E-state index is 12.2. The molecule has 0 bridgehead atoms. The molecule has 1 aromatic carbocycles. The SMILES string of the molecule is CC(=CCCC(C)=CCNC(=O)c1ccccc1S)CCC=C(C)CCCCN1CCOCC1. The highest BCUT2D eigenvalue weighted by molar-refractivity contribution is 7.80. The Morgan fingerprint density at radius 1 is 0.941 bits per heavy atom. The summed E-state index contributed by atoms with van der Waals surface area (Å²) >= 11 is 4.35. The minimum Gasteiger partial charge on any atom is -0.379 e. The number of allylic oxidation sites excluding steroid dienone is 5. The van der Waals surface area contributed by atoms with Gasteiger partial charge in [0.05, 0.1) is 18.8 Å². The van der Waals surface area contributed by atoms with Crippen molar-refractivity contribution in [1.29, 1.82) is 0 Å². The predicted molar refractivity (Wildman–Crippen MR) is 147 cm³/mol. The van der Waals surface area contributed by atoms with E-state index in [2.05, 4.69) is 61.8 Å². The smallest absolute Gasteiger partial charge is 0.252 e. The average molecular weight is 485 g/mol. The van der Waals surface area contributed by atoms with Crippen molar-refractivity contribution >= 4 is 18.5 Å². The van der Waals surface area contributed by atoms with Crippen LogP contribution in [0.3, 0.4) is 0 Å². The summed E-state index contributed by atoms with van der Waals surface area (Å²) in [6.45, 7) is 12.4. The lowest BCUT2D eigenvalue weighted by Crippen LogP contribution is -2.36. The highest BCUT2D eigenvalue weighted by Crippen LogP contribution is 2.15. The fourth-order valence-corrected chi connectivity index (χ4v) is 4.30. The van der Waals surface area contributed by atoms with Crippen LogP contribution < -0.4 is 5.32 Å². The van der Waals surface area contributed by atoms with Crippen LogP contribution in [0, 0.1) is 0 Å². The number of amides is 1. The molecule has 0 atom stereocenters. The molecule has 1 aliphatic rings. The molecule has 34 heavy (non-hydrogen) atoms. The number of nitrogens with zero attached hydrogens (tertiary/aromatic N) is 1. The second-order valence-corrected chi connectivity index (χ2v) is 9.85. The monoisotopic (exact) mass is 484 g/mol. The second kappa shape index (κ2) is 16.7. The summed E-state index contributed by atoms with van der Waals surface area (Å²) in [6.07, 6.45) is 15.0. The summed E-state index contributed by atoms with van der Waals surface area (Å²) < 4.78 is 5.41. The van der Waals surface area contributed by atoms with Gasteiger partial charge in [-0.15, -0.1) is 12.6 Å². The largest absolute Gasteiger partial charge is 0.379 e. The van der Waals surface area contributed by atoms with E-state index >= 15 is 0 Å². The van der Waals surface area contributed by atoms with Crippen LogP contribution in [0.25, 0.3) is 0 Å². The molecule has 0 aromatic heterocycles. The molecule has 1 saturated heterocycles. The number of ether oxygens (including phenoxy) is 1. The van der Waals surface area contributed by atoms with Gasteiger partial charge in [-0.3, -0.25) is 9.69 Å². The van der Waals surface area contributed by atoms with Crippen LogP contribution in [0.2, 0.25) is 0 Å². The fraction of sp³-hybridized carbons (Fsp3) is 0.552. The number of rotatable bonds is 14. The number of carbonyl (C=O) groups excluding carboxylic acids is 1. The molecule has 1 amide bonds. The number of hydrogen-bond donors (Lipinski definition) is 2. The van der Waals surface area contributed by atoms with E-state index in [1.165, 1.54) is 42.5 Å². The summed E-state index contributed by atoms with van der Waals surface area (Å²) in [5, 5.41) is 2.95. The zero-order chi connectivity index (χ0) is 24.6. The van der Waals surface area contributed by atoms with Crippen molar-refractivity contribution in [3.8, 4) is 0 Å². The lowest BCUT2D eigenvalue weighted by molar-refractivity contribution is 0.0372. The van der Waals surface area contributed by atoms with Gasteiger partial charge in [-0.25, -0.2) is 0 Å². The number of carbonyl (C=O) groups is 1. The minimum absolute atomic E-state index is 0.0779. The highest BCUT2D eigenvalue weighted by Gasteiger charge is 2.09. The number of unbranched alkanes of at least 4 members (excludes halogenated alkanes) is 1. The summed E-state index contributed by atoms with van der Waals surface area (Å²) in [6, 6.07) is 7.37. The summed E-state index contributed by atoms with van der Waals surface area (Å²) in [4.78, 5) is 15.5. The van der Waals surface area contributed by atoms with Crippen LogP contribution in [0.4, 0.5) is 0 Å². The van der Waals surface area contributed by atoms with Crippen molar-refractivity contribution in [2.75, 3.05) is 39.4 Å². The molecular formula is C29H44N2O2S. The fourth-order valence-electron chi connectivity index (χ4n) is 4.04. The first-order valence-corrected chi connectivity index (χ1v) is 13.2. The van der Waals surface area contributed by atoms with Gasteiger partial charge in [0.2, 0.25) is 0 Å². The molecule has 2 rings (SSSR count). The lowest BCUT2D eigenvalue weighted by atomic mass is 10.0. The molecule has 1 aromatic rings. The van der Waals surface area contributed by atoms with Crippen LogP contribution in [0.1, 0.15) is 76.1 Å². The highest BCUT2D eigenvalue weighted by atomic mass is 32.1. The van der Waals surface area contributed by atoms with Crippen molar-refractivity contribution in [2.24, 2.45) is 0 Å². The molecule has 0 saturated carbocycles. The predicted octanol–water partition coefficient (Wildman–Crippen LogP) is 6.61. The van der Waals surface area contributed by atoms with Gasteiger partial charge in [0, 0.05) is 24.5 Å². The van der Waals surface area contributed by atoms with Gasteiger partial charge in [-0.1, -0.05) is 47.1 Å². The molecule has 0 radical (unpaired) electrons. The number of nitrogens with one attached hydrogen (secondary N) is 1. The average Bonchev–Trinajstić information content (AvgIpc) is 2.82. The Labute approximate surface area is 212 Å². The van der Waals surface area contributed by atoms with Crippen LogP contribution in [0.15, 0.2) is 64.1 Å². The number of hydrogen-bond acceptors (Lipinski definition) is 4.